The van der Waals surface area contributed by atoms with E-state index in [9.17, 15) is 4.79 Å². The zero-order chi connectivity index (χ0) is 12.7. The molecular formula is C16H20O. The van der Waals surface area contributed by atoms with E-state index < -0.39 is 0 Å². The van der Waals surface area contributed by atoms with Crippen molar-refractivity contribution in [2.24, 2.45) is 0 Å². The SMILES string of the molecule is CC(=O)c1cccc2ccccc12.CCCC. The molecule has 1 nitrogen and oxygen atoms in total. The van der Waals surface area contributed by atoms with E-state index in [1.807, 2.05) is 42.5 Å². The van der Waals surface area contributed by atoms with Gasteiger partial charge in [-0.15, -0.1) is 0 Å². The third kappa shape index (κ3) is 3.70. The fourth-order valence-electron chi connectivity index (χ4n) is 1.53. The second kappa shape index (κ2) is 6.85. The molecule has 0 amide bonds. The van der Waals surface area contributed by atoms with Crippen molar-refractivity contribution < 1.29 is 4.79 Å². The van der Waals surface area contributed by atoms with Gasteiger partial charge in [0.2, 0.25) is 0 Å². The second-order valence-electron chi connectivity index (χ2n) is 4.08. The first-order chi connectivity index (χ1) is 8.20. The summed E-state index contributed by atoms with van der Waals surface area (Å²) < 4.78 is 0. The van der Waals surface area contributed by atoms with Crippen LogP contribution in [0.3, 0.4) is 0 Å². The van der Waals surface area contributed by atoms with Crippen molar-refractivity contribution in [1.29, 1.82) is 0 Å². The normalized spacial score (nSPS) is 9.59. The summed E-state index contributed by atoms with van der Waals surface area (Å²) in [5.41, 5.74) is 0.804. The second-order valence-corrected chi connectivity index (χ2v) is 4.08. The van der Waals surface area contributed by atoms with Gasteiger partial charge in [0.05, 0.1) is 0 Å². The summed E-state index contributed by atoms with van der Waals surface area (Å²) in [5.74, 6) is 0.122. The zero-order valence-corrected chi connectivity index (χ0v) is 10.9. The number of ketones is 1. The minimum Gasteiger partial charge on any atom is -0.294 e. The number of hydrogen-bond acceptors (Lipinski definition) is 1. The van der Waals surface area contributed by atoms with Crippen molar-refractivity contribution in [2.75, 3.05) is 0 Å². The van der Waals surface area contributed by atoms with Crippen LogP contribution in [0.4, 0.5) is 0 Å². The Labute approximate surface area is 103 Å². The number of rotatable bonds is 2. The average Bonchev–Trinajstić information content (AvgIpc) is 2.38. The largest absolute Gasteiger partial charge is 0.294 e. The molecule has 2 rings (SSSR count). The summed E-state index contributed by atoms with van der Waals surface area (Å²) in [7, 11) is 0. The van der Waals surface area contributed by atoms with E-state index in [4.69, 9.17) is 0 Å². The van der Waals surface area contributed by atoms with E-state index in [0.29, 0.717) is 0 Å². The molecule has 0 spiro atoms. The molecule has 2 aromatic carbocycles. The van der Waals surface area contributed by atoms with Gasteiger partial charge in [-0.2, -0.15) is 0 Å². The minimum absolute atomic E-state index is 0.122. The van der Waals surface area contributed by atoms with Gasteiger partial charge in [0.15, 0.2) is 5.78 Å². The summed E-state index contributed by atoms with van der Waals surface area (Å²) >= 11 is 0. The molecule has 0 aromatic heterocycles. The standard InChI is InChI=1S/C12H10O.C4H10/c1-9(13)11-8-4-6-10-5-2-3-7-12(10)11;1-3-4-2/h2-8H,1H3;3-4H2,1-2H3. The first-order valence-corrected chi connectivity index (χ1v) is 6.19. The monoisotopic (exact) mass is 228 g/mol. The highest BCUT2D eigenvalue weighted by atomic mass is 16.1. The highest BCUT2D eigenvalue weighted by Crippen LogP contribution is 2.18. The molecule has 0 fully saturated rings. The van der Waals surface area contributed by atoms with Crippen LogP contribution in [-0.4, -0.2) is 5.78 Å². The fourth-order valence-corrected chi connectivity index (χ4v) is 1.53. The van der Waals surface area contributed by atoms with Gasteiger partial charge in [0.1, 0.15) is 0 Å². The van der Waals surface area contributed by atoms with Gasteiger partial charge in [-0.25, -0.2) is 0 Å². The number of benzene rings is 2. The third-order valence-electron chi connectivity index (χ3n) is 2.67. The van der Waals surface area contributed by atoms with Gasteiger partial charge in [-0.05, 0) is 17.7 Å². The molecule has 1 heteroatoms. The molecule has 0 atom stereocenters. The van der Waals surface area contributed by atoms with Crippen LogP contribution in [0, 0.1) is 0 Å². The molecule has 0 aliphatic heterocycles. The van der Waals surface area contributed by atoms with Gasteiger partial charge in [0.25, 0.3) is 0 Å². The topological polar surface area (TPSA) is 17.1 Å². The summed E-state index contributed by atoms with van der Waals surface area (Å²) in [6.07, 6.45) is 2.64. The van der Waals surface area contributed by atoms with Gasteiger partial charge in [-0.3, -0.25) is 4.79 Å². The van der Waals surface area contributed by atoms with Crippen LogP contribution >= 0.6 is 0 Å². The zero-order valence-electron chi connectivity index (χ0n) is 10.9. The Morgan fingerprint density at radius 1 is 0.941 bits per heavy atom. The molecular weight excluding hydrogens is 208 g/mol. The molecule has 0 radical (unpaired) electrons. The van der Waals surface area contributed by atoms with Crippen LogP contribution in [-0.2, 0) is 0 Å². The molecule has 0 aliphatic carbocycles. The highest BCUT2D eigenvalue weighted by molar-refractivity contribution is 6.06. The number of fused-ring (bicyclic) bond motifs is 1. The lowest BCUT2D eigenvalue weighted by Crippen LogP contribution is -1.92. The molecule has 17 heavy (non-hydrogen) atoms. The Kier molecular flexibility index (Phi) is 5.41. The lowest BCUT2D eigenvalue weighted by molar-refractivity contribution is 0.101. The smallest absolute Gasteiger partial charge is 0.160 e. The Bertz CT molecular complexity index is 478. The molecule has 0 saturated heterocycles. The molecule has 0 bridgehead atoms. The molecule has 90 valence electrons. The number of unbranched alkanes of at least 4 members (excludes halogenated alkanes) is 1. The van der Waals surface area contributed by atoms with Crippen molar-refractivity contribution in [3.05, 3.63) is 48.0 Å². The van der Waals surface area contributed by atoms with E-state index in [-0.39, 0.29) is 5.78 Å². The first-order valence-electron chi connectivity index (χ1n) is 6.19. The maximum absolute atomic E-state index is 11.3. The summed E-state index contributed by atoms with van der Waals surface area (Å²) in [5, 5.41) is 2.16. The number of hydrogen-bond donors (Lipinski definition) is 0. The summed E-state index contributed by atoms with van der Waals surface area (Å²) in [4.78, 5) is 11.3. The van der Waals surface area contributed by atoms with Crippen molar-refractivity contribution in [2.45, 2.75) is 33.6 Å². The van der Waals surface area contributed by atoms with Crippen molar-refractivity contribution in [3.63, 3.8) is 0 Å². The average molecular weight is 228 g/mol. The van der Waals surface area contributed by atoms with E-state index >= 15 is 0 Å². The van der Waals surface area contributed by atoms with Gasteiger partial charge in [-0.1, -0.05) is 69.2 Å². The Morgan fingerprint density at radius 2 is 1.53 bits per heavy atom. The molecule has 0 saturated carbocycles. The number of Topliss-reactive ketones (excluding diaryl/α,β-unsaturated/α-hetero) is 1. The summed E-state index contributed by atoms with van der Waals surface area (Å²) in [6.45, 7) is 5.96. The van der Waals surface area contributed by atoms with Crippen LogP contribution in [0.15, 0.2) is 42.5 Å². The maximum Gasteiger partial charge on any atom is 0.160 e. The van der Waals surface area contributed by atoms with Crippen LogP contribution in [0.2, 0.25) is 0 Å². The Morgan fingerprint density at radius 3 is 2.12 bits per heavy atom. The molecule has 0 unspecified atom stereocenters. The predicted molar refractivity (Wildman–Crippen MR) is 74.5 cm³/mol. The lowest BCUT2D eigenvalue weighted by Gasteiger charge is -2.01. The number of carbonyl (C=O) groups excluding carboxylic acids is 1. The van der Waals surface area contributed by atoms with Gasteiger partial charge < -0.3 is 0 Å². The molecule has 2 aromatic rings. The van der Waals surface area contributed by atoms with Crippen molar-refractivity contribution in [1.82, 2.24) is 0 Å². The van der Waals surface area contributed by atoms with Crippen LogP contribution in [0.25, 0.3) is 10.8 Å². The highest BCUT2D eigenvalue weighted by Gasteiger charge is 2.02. The maximum atomic E-state index is 11.3. The minimum atomic E-state index is 0.122. The molecule has 0 heterocycles. The predicted octanol–water partition coefficient (Wildman–Crippen LogP) is 4.85. The lowest BCUT2D eigenvalue weighted by atomic mass is 10.0. The molecule has 0 N–H and O–H groups in total. The van der Waals surface area contributed by atoms with E-state index in [2.05, 4.69) is 13.8 Å². The van der Waals surface area contributed by atoms with Crippen molar-refractivity contribution >= 4 is 16.6 Å². The van der Waals surface area contributed by atoms with E-state index in [1.165, 1.54) is 12.8 Å². The van der Waals surface area contributed by atoms with Crippen LogP contribution < -0.4 is 0 Å². The Hall–Kier alpha value is -1.63. The molecule has 0 aliphatic rings. The third-order valence-corrected chi connectivity index (χ3v) is 2.67. The van der Waals surface area contributed by atoms with E-state index in [0.717, 1.165) is 16.3 Å². The quantitative estimate of drug-likeness (QED) is 0.671. The van der Waals surface area contributed by atoms with E-state index in [1.54, 1.807) is 6.92 Å². The number of carbonyl (C=O) groups is 1. The van der Waals surface area contributed by atoms with Gasteiger partial charge >= 0.3 is 0 Å². The van der Waals surface area contributed by atoms with Crippen molar-refractivity contribution in [3.8, 4) is 0 Å². The van der Waals surface area contributed by atoms with Crippen LogP contribution in [0.1, 0.15) is 44.0 Å². The summed E-state index contributed by atoms with van der Waals surface area (Å²) in [6, 6.07) is 13.7. The van der Waals surface area contributed by atoms with Gasteiger partial charge in [0, 0.05) is 5.56 Å². The Balaban J connectivity index is 0.000000317. The first kappa shape index (κ1) is 13.4. The fraction of sp³-hybridized carbons (Fsp3) is 0.312. The van der Waals surface area contributed by atoms with Crippen LogP contribution in [0.5, 0.6) is 0 Å².